The third kappa shape index (κ3) is 4.33. The van der Waals surface area contributed by atoms with Gasteiger partial charge in [0.15, 0.2) is 0 Å². The Morgan fingerprint density at radius 3 is 3.30 bits per heavy atom. The maximum Gasteiger partial charge on any atom is 0.269 e. The van der Waals surface area contributed by atoms with Gasteiger partial charge in [0.25, 0.3) is 5.56 Å². The minimum absolute atomic E-state index is 0.0274. The van der Waals surface area contributed by atoms with E-state index in [9.17, 15) is 9.59 Å². The predicted molar refractivity (Wildman–Crippen MR) is 75.9 cm³/mol. The normalized spacial score (nSPS) is 19.4. The van der Waals surface area contributed by atoms with Crippen molar-refractivity contribution < 1.29 is 9.53 Å². The van der Waals surface area contributed by atoms with Crippen LogP contribution in [-0.4, -0.2) is 43.3 Å². The van der Waals surface area contributed by atoms with Crippen molar-refractivity contribution in [1.29, 1.82) is 0 Å². The van der Waals surface area contributed by atoms with E-state index in [4.69, 9.17) is 16.3 Å². The monoisotopic (exact) mass is 299 g/mol. The number of carbonyl (C=O) groups excluding carboxylic acids is 1. The topological polar surface area (TPSA) is 72.4 Å². The minimum Gasteiger partial charge on any atom is -0.380 e. The molecule has 1 amide bonds. The molecule has 2 rings (SSSR count). The van der Waals surface area contributed by atoms with Gasteiger partial charge in [-0.3, -0.25) is 9.59 Å². The first-order chi connectivity index (χ1) is 9.66. The van der Waals surface area contributed by atoms with E-state index in [1.54, 1.807) is 12.3 Å². The lowest BCUT2D eigenvalue weighted by molar-refractivity contribution is -0.121. The molecule has 1 atom stereocenters. The van der Waals surface area contributed by atoms with Crippen LogP contribution in [-0.2, 0) is 16.1 Å². The van der Waals surface area contributed by atoms with Crippen LogP contribution in [0.1, 0.15) is 0 Å². The standard InChI is InChI=1S/C13H18ClN3O3/c14-11-2-1-4-17(13(11)19)8-12(18)16-7-10-6-15-3-5-20-9-10/h1-2,4,10,15H,3,5-9H2,(H,16,18). The number of hydrogen-bond donors (Lipinski definition) is 2. The maximum absolute atomic E-state index is 11.8. The highest BCUT2D eigenvalue weighted by molar-refractivity contribution is 6.30. The number of nitrogens with one attached hydrogen (secondary N) is 2. The van der Waals surface area contributed by atoms with Crippen LogP contribution < -0.4 is 16.2 Å². The van der Waals surface area contributed by atoms with Crippen molar-refractivity contribution in [2.24, 2.45) is 5.92 Å². The molecule has 110 valence electrons. The van der Waals surface area contributed by atoms with Crippen LogP contribution in [0, 0.1) is 5.92 Å². The van der Waals surface area contributed by atoms with Gasteiger partial charge in [0.05, 0.1) is 13.2 Å². The van der Waals surface area contributed by atoms with E-state index in [-0.39, 0.29) is 29.0 Å². The van der Waals surface area contributed by atoms with Gasteiger partial charge in [0, 0.05) is 31.7 Å². The van der Waals surface area contributed by atoms with Crippen molar-refractivity contribution in [3.05, 3.63) is 33.7 Å². The van der Waals surface area contributed by atoms with Crippen molar-refractivity contribution in [3.8, 4) is 0 Å². The fraction of sp³-hybridized carbons (Fsp3) is 0.538. The zero-order valence-corrected chi connectivity index (χ0v) is 11.9. The molecule has 1 saturated heterocycles. The van der Waals surface area contributed by atoms with Gasteiger partial charge < -0.3 is 19.9 Å². The van der Waals surface area contributed by atoms with E-state index in [1.165, 1.54) is 10.6 Å². The van der Waals surface area contributed by atoms with Gasteiger partial charge in [-0.1, -0.05) is 11.6 Å². The summed E-state index contributed by atoms with van der Waals surface area (Å²) in [6.07, 6.45) is 1.55. The first kappa shape index (κ1) is 15.0. The molecule has 1 fully saturated rings. The second-order valence-corrected chi connectivity index (χ2v) is 5.15. The molecule has 6 nitrogen and oxygen atoms in total. The molecule has 0 aliphatic carbocycles. The molecule has 0 saturated carbocycles. The van der Waals surface area contributed by atoms with Crippen LogP contribution in [0.2, 0.25) is 5.02 Å². The number of rotatable bonds is 4. The smallest absolute Gasteiger partial charge is 0.269 e. The molecular weight excluding hydrogens is 282 g/mol. The summed E-state index contributed by atoms with van der Waals surface area (Å²) < 4.78 is 6.70. The van der Waals surface area contributed by atoms with Gasteiger partial charge in [-0.05, 0) is 12.1 Å². The number of nitrogens with zero attached hydrogens (tertiary/aromatic N) is 1. The van der Waals surface area contributed by atoms with Gasteiger partial charge in [0.2, 0.25) is 5.91 Å². The number of ether oxygens (including phenoxy) is 1. The molecule has 1 aliphatic heterocycles. The number of hydrogen-bond acceptors (Lipinski definition) is 4. The summed E-state index contributed by atoms with van der Waals surface area (Å²) in [5.74, 6) is 0.0381. The lowest BCUT2D eigenvalue weighted by atomic mass is 10.1. The van der Waals surface area contributed by atoms with E-state index in [0.29, 0.717) is 19.8 Å². The summed E-state index contributed by atoms with van der Waals surface area (Å²) in [6, 6.07) is 3.15. The average molecular weight is 300 g/mol. The Morgan fingerprint density at radius 1 is 1.60 bits per heavy atom. The van der Waals surface area contributed by atoms with E-state index >= 15 is 0 Å². The lowest BCUT2D eigenvalue weighted by Crippen LogP contribution is -2.38. The van der Waals surface area contributed by atoms with E-state index in [0.717, 1.165) is 13.1 Å². The van der Waals surface area contributed by atoms with Gasteiger partial charge >= 0.3 is 0 Å². The Morgan fingerprint density at radius 2 is 2.45 bits per heavy atom. The Hall–Kier alpha value is -1.37. The van der Waals surface area contributed by atoms with E-state index < -0.39 is 0 Å². The van der Waals surface area contributed by atoms with Crippen molar-refractivity contribution in [2.75, 3.05) is 32.8 Å². The van der Waals surface area contributed by atoms with E-state index in [1.807, 2.05) is 0 Å². The largest absolute Gasteiger partial charge is 0.380 e. The van der Waals surface area contributed by atoms with Crippen LogP contribution in [0.4, 0.5) is 0 Å². The van der Waals surface area contributed by atoms with Gasteiger partial charge in [0.1, 0.15) is 11.6 Å². The predicted octanol–water partition coefficient (Wildman–Crippen LogP) is -0.146. The third-order valence-corrected chi connectivity index (χ3v) is 3.37. The van der Waals surface area contributed by atoms with Crippen molar-refractivity contribution in [3.63, 3.8) is 0 Å². The van der Waals surface area contributed by atoms with Crippen LogP contribution in [0.5, 0.6) is 0 Å². The molecule has 0 aromatic carbocycles. The lowest BCUT2D eigenvalue weighted by Gasteiger charge is -2.15. The highest BCUT2D eigenvalue weighted by atomic mass is 35.5. The van der Waals surface area contributed by atoms with Crippen molar-refractivity contribution in [1.82, 2.24) is 15.2 Å². The molecule has 0 radical (unpaired) electrons. The first-order valence-electron chi connectivity index (χ1n) is 6.57. The molecule has 1 unspecified atom stereocenters. The maximum atomic E-state index is 11.8. The molecule has 7 heteroatoms. The summed E-state index contributed by atoms with van der Waals surface area (Å²) in [5.41, 5.74) is -0.358. The number of halogens is 1. The number of carbonyl (C=O) groups is 1. The molecule has 1 aromatic heterocycles. The Bertz CT molecular complexity index is 510. The Balaban J connectivity index is 1.83. The Kier molecular flexibility index (Phi) is 5.58. The highest BCUT2D eigenvalue weighted by Gasteiger charge is 2.13. The van der Waals surface area contributed by atoms with Crippen molar-refractivity contribution in [2.45, 2.75) is 6.54 Å². The molecule has 1 aromatic rings. The Labute approximate surface area is 122 Å². The van der Waals surface area contributed by atoms with Crippen LogP contribution >= 0.6 is 11.6 Å². The highest BCUT2D eigenvalue weighted by Crippen LogP contribution is 2.00. The number of aromatic nitrogens is 1. The van der Waals surface area contributed by atoms with Gasteiger partial charge in [-0.25, -0.2) is 0 Å². The zero-order valence-electron chi connectivity index (χ0n) is 11.1. The second kappa shape index (κ2) is 7.42. The second-order valence-electron chi connectivity index (χ2n) is 4.74. The van der Waals surface area contributed by atoms with Crippen LogP contribution in [0.15, 0.2) is 23.1 Å². The molecule has 0 spiro atoms. The van der Waals surface area contributed by atoms with Crippen LogP contribution in [0.25, 0.3) is 0 Å². The summed E-state index contributed by atoms with van der Waals surface area (Å²) in [7, 11) is 0. The quantitative estimate of drug-likeness (QED) is 0.811. The summed E-state index contributed by atoms with van der Waals surface area (Å²) in [4.78, 5) is 23.5. The van der Waals surface area contributed by atoms with Crippen LogP contribution in [0.3, 0.4) is 0 Å². The number of pyridine rings is 1. The van der Waals surface area contributed by atoms with Gasteiger partial charge in [-0.15, -0.1) is 0 Å². The summed E-state index contributed by atoms with van der Waals surface area (Å²) >= 11 is 5.72. The molecule has 20 heavy (non-hydrogen) atoms. The third-order valence-electron chi connectivity index (χ3n) is 3.09. The number of amides is 1. The summed E-state index contributed by atoms with van der Waals surface area (Å²) in [6.45, 7) is 3.48. The molecule has 1 aliphatic rings. The fourth-order valence-electron chi connectivity index (χ4n) is 1.99. The molecule has 0 bridgehead atoms. The molecule has 2 N–H and O–H groups in total. The molecule has 2 heterocycles. The fourth-order valence-corrected chi connectivity index (χ4v) is 2.17. The molecular formula is C13H18ClN3O3. The average Bonchev–Trinajstić information content (AvgIpc) is 2.70. The summed E-state index contributed by atoms with van der Waals surface area (Å²) in [5, 5.41) is 6.16. The van der Waals surface area contributed by atoms with Crippen molar-refractivity contribution >= 4 is 17.5 Å². The van der Waals surface area contributed by atoms with E-state index in [2.05, 4.69) is 10.6 Å². The minimum atomic E-state index is -0.358. The van der Waals surface area contributed by atoms with Gasteiger partial charge in [-0.2, -0.15) is 0 Å². The first-order valence-corrected chi connectivity index (χ1v) is 6.94. The SMILES string of the molecule is O=C(Cn1cccc(Cl)c1=O)NCC1CNCCOC1. The zero-order chi connectivity index (χ0) is 14.4.